The number of thioether (sulfide) groups is 1. The molecule has 0 bridgehead atoms. The van der Waals surface area contributed by atoms with E-state index in [9.17, 15) is 4.79 Å². The number of carbonyl (C=O) groups excluding carboxylic acids is 1. The predicted molar refractivity (Wildman–Crippen MR) is 68.6 cm³/mol. The molecule has 16 heavy (non-hydrogen) atoms. The Hall–Kier alpha value is -1.11. The molecule has 1 aromatic rings. The van der Waals surface area contributed by atoms with Gasteiger partial charge in [-0.25, -0.2) is 0 Å². The molecule has 0 fully saturated rings. The van der Waals surface area contributed by atoms with Crippen molar-refractivity contribution in [3.8, 4) is 12.3 Å². The molecule has 0 saturated carbocycles. The molecular weight excluding hydrogens is 242 g/mol. The van der Waals surface area contributed by atoms with Crippen molar-refractivity contribution in [1.82, 2.24) is 5.32 Å². The van der Waals surface area contributed by atoms with Crippen LogP contribution in [0.5, 0.6) is 0 Å². The second-order valence-corrected chi connectivity index (χ2v) is 4.99. The molecular formula is C12H12ClNOS. The van der Waals surface area contributed by atoms with E-state index in [-0.39, 0.29) is 17.7 Å². The lowest BCUT2D eigenvalue weighted by atomic mass is 10.4. The van der Waals surface area contributed by atoms with E-state index in [1.54, 1.807) is 12.1 Å². The van der Waals surface area contributed by atoms with Crippen molar-refractivity contribution in [2.24, 2.45) is 0 Å². The van der Waals surface area contributed by atoms with Gasteiger partial charge in [-0.3, -0.25) is 4.79 Å². The molecule has 0 aliphatic heterocycles. The molecule has 0 saturated heterocycles. The molecule has 0 heterocycles. The summed E-state index contributed by atoms with van der Waals surface area (Å²) < 4.78 is 0. The van der Waals surface area contributed by atoms with Gasteiger partial charge in [0.05, 0.1) is 11.8 Å². The molecule has 0 aromatic heterocycles. The largest absolute Gasteiger partial charge is 0.344 e. The number of carbonyl (C=O) groups is 1. The molecule has 1 N–H and O–H groups in total. The molecule has 1 amide bonds. The number of hydrogen-bond acceptors (Lipinski definition) is 2. The van der Waals surface area contributed by atoms with E-state index in [2.05, 4.69) is 11.2 Å². The predicted octanol–water partition coefficient (Wildman–Crippen LogP) is 2.57. The normalized spacial score (nSPS) is 11.6. The third kappa shape index (κ3) is 4.18. The average Bonchev–Trinajstić information content (AvgIpc) is 2.29. The standard InChI is InChI=1S/C12H12ClNOS/c1-3-8-14-12(15)9(2)16-11-6-4-10(13)5-7-11/h1,4-7,9H,8H2,2H3,(H,14,15)/t9-/m0/s1. The van der Waals surface area contributed by atoms with Crippen LogP contribution in [0.3, 0.4) is 0 Å². The van der Waals surface area contributed by atoms with Crippen LogP contribution in [0.2, 0.25) is 5.02 Å². The first-order chi connectivity index (χ1) is 7.63. The Labute approximate surface area is 105 Å². The van der Waals surface area contributed by atoms with Crippen molar-refractivity contribution in [3.05, 3.63) is 29.3 Å². The third-order valence-electron chi connectivity index (χ3n) is 1.86. The van der Waals surface area contributed by atoms with Gasteiger partial charge in [0, 0.05) is 9.92 Å². The highest BCUT2D eigenvalue weighted by molar-refractivity contribution is 8.00. The first-order valence-electron chi connectivity index (χ1n) is 4.77. The van der Waals surface area contributed by atoms with Crippen LogP contribution in [-0.4, -0.2) is 17.7 Å². The quantitative estimate of drug-likeness (QED) is 0.660. The van der Waals surface area contributed by atoms with Crippen LogP contribution in [0.1, 0.15) is 6.92 Å². The summed E-state index contributed by atoms with van der Waals surface area (Å²) in [7, 11) is 0. The average molecular weight is 254 g/mol. The molecule has 1 atom stereocenters. The van der Waals surface area contributed by atoms with Gasteiger partial charge < -0.3 is 5.32 Å². The summed E-state index contributed by atoms with van der Waals surface area (Å²) in [5.41, 5.74) is 0. The maximum absolute atomic E-state index is 11.5. The summed E-state index contributed by atoms with van der Waals surface area (Å²) in [6.45, 7) is 2.11. The Balaban J connectivity index is 2.51. The number of amides is 1. The highest BCUT2D eigenvalue weighted by Gasteiger charge is 2.13. The fraction of sp³-hybridized carbons (Fsp3) is 0.250. The molecule has 0 aliphatic rings. The van der Waals surface area contributed by atoms with Gasteiger partial charge in [-0.1, -0.05) is 17.5 Å². The SMILES string of the molecule is C#CCNC(=O)[C@H](C)Sc1ccc(Cl)cc1. The monoisotopic (exact) mass is 253 g/mol. The van der Waals surface area contributed by atoms with Crippen molar-refractivity contribution in [2.45, 2.75) is 17.1 Å². The van der Waals surface area contributed by atoms with Gasteiger partial charge in [-0.05, 0) is 31.2 Å². The second kappa shape index (κ2) is 6.47. The van der Waals surface area contributed by atoms with Crippen molar-refractivity contribution in [1.29, 1.82) is 0 Å². The lowest BCUT2D eigenvalue weighted by molar-refractivity contribution is -0.120. The van der Waals surface area contributed by atoms with E-state index in [0.29, 0.717) is 5.02 Å². The topological polar surface area (TPSA) is 29.1 Å². The van der Waals surface area contributed by atoms with Crippen molar-refractivity contribution in [2.75, 3.05) is 6.54 Å². The molecule has 84 valence electrons. The molecule has 0 unspecified atom stereocenters. The Kier molecular flexibility index (Phi) is 5.24. The third-order valence-corrected chi connectivity index (χ3v) is 3.22. The summed E-state index contributed by atoms with van der Waals surface area (Å²) in [5.74, 6) is 2.31. The molecule has 0 aliphatic carbocycles. The number of rotatable bonds is 4. The first kappa shape index (κ1) is 13.0. The molecule has 4 heteroatoms. The van der Waals surface area contributed by atoms with Gasteiger partial charge in [0.25, 0.3) is 0 Å². The fourth-order valence-corrected chi connectivity index (χ4v) is 2.07. The summed E-state index contributed by atoms with van der Waals surface area (Å²) >= 11 is 7.24. The molecule has 2 nitrogen and oxygen atoms in total. The van der Waals surface area contributed by atoms with Crippen LogP contribution in [0, 0.1) is 12.3 Å². The zero-order chi connectivity index (χ0) is 12.0. The van der Waals surface area contributed by atoms with Crippen molar-refractivity contribution in [3.63, 3.8) is 0 Å². The van der Waals surface area contributed by atoms with Crippen LogP contribution in [0.4, 0.5) is 0 Å². The fourth-order valence-electron chi connectivity index (χ4n) is 1.05. The minimum absolute atomic E-state index is 0.0575. The number of halogens is 1. The Bertz CT molecular complexity index is 396. The van der Waals surface area contributed by atoms with Crippen molar-refractivity contribution >= 4 is 29.3 Å². The maximum Gasteiger partial charge on any atom is 0.233 e. The van der Waals surface area contributed by atoms with E-state index in [4.69, 9.17) is 18.0 Å². The molecule has 0 radical (unpaired) electrons. The Morgan fingerprint density at radius 2 is 2.19 bits per heavy atom. The van der Waals surface area contributed by atoms with Gasteiger partial charge in [0.2, 0.25) is 5.91 Å². The van der Waals surface area contributed by atoms with E-state index in [0.717, 1.165) is 4.90 Å². The van der Waals surface area contributed by atoms with Crippen LogP contribution in [0.15, 0.2) is 29.2 Å². The Morgan fingerprint density at radius 1 is 1.56 bits per heavy atom. The first-order valence-corrected chi connectivity index (χ1v) is 6.02. The lowest BCUT2D eigenvalue weighted by Gasteiger charge is -2.10. The van der Waals surface area contributed by atoms with Crippen LogP contribution >= 0.6 is 23.4 Å². The number of hydrogen-bond donors (Lipinski definition) is 1. The van der Waals surface area contributed by atoms with Gasteiger partial charge in [0.1, 0.15) is 0 Å². The van der Waals surface area contributed by atoms with Gasteiger partial charge >= 0.3 is 0 Å². The van der Waals surface area contributed by atoms with E-state index in [1.165, 1.54) is 11.8 Å². The van der Waals surface area contributed by atoms with Crippen LogP contribution < -0.4 is 5.32 Å². The number of benzene rings is 1. The zero-order valence-corrected chi connectivity index (χ0v) is 10.4. The minimum Gasteiger partial charge on any atom is -0.344 e. The van der Waals surface area contributed by atoms with Crippen LogP contribution in [-0.2, 0) is 4.79 Å². The highest BCUT2D eigenvalue weighted by atomic mass is 35.5. The Morgan fingerprint density at radius 3 is 2.75 bits per heavy atom. The lowest BCUT2D eigenvalue weighted by Crippen LogP contribution is -2.30. The van der Waals surface area contributed by atoms with Gasteiger partial charge in [-0.2, -0.15) is 0 Å². The highest BCUT2D eigenvalue weighted by Crippen LogP contribution is 2.24. The maximum atomic E-state index is 11.5. The van der Waals surface area contributed by atoms with Gasteiger partial charge in [0.15, 0.2) is 0 Å². The second-order valence-electron chi connectivity index (χ2n) is 3.14. The summed E-state index contributed by atoms with van der Waals surface area (Å²) in [6.07, 6.45) is 5.06. The van der Waals surface area contributed by atoms with E-state index < -0.39 is 0 Å². The summed E-state index contributed by atoms with van der Waals surface area (Å²) in [5, 5.41) is 3.16. The van der Waals surface area contributed by atoms with Crippen molar-refractivity contribution < 1.29 is 4.79 Å². The van der Waals surface area contributed by atoms with Gasteiger partial charge in [-0.15, -0.1) is 18.2 Å². The van der Waals surface area contributed by atoms with Crippen LogP contribution in [0.25, 0.3) is 0 Å². The summed E-state index contributed by atoms with van der Waals surface area (Å²) in [6, 6.07) is 7.38. The van der Waals surface area contributed by atoms with E-state index in [1.807, 2.05) is 19.1 Å². The molecule has 1 rings (SSSR count). The minimum atomic E-state index is -0.172. The number of terminal acetylenes is 1. The molecule has 1 aromatic carbocycles. The zero-order valence-electron chi connectivity index (χ0n) is 8.87. The van der Waals surface area contributed by atoms with E-state index >= 15 is 0 Å². The number of nitrogens with one attached hydrogen (secondary N) is 1. The summed E-state index contributed by atoms with van der Waals surface area (Å²) in [4.78, 5) is 12.5. The smallest absolute Gasteiger partial charge is 0.233 e. The molecule has 0 spiro atoms.